The Morgan fingerprint density at radius 2 is 2.25 bits per heavy atom. The highest BCUT2D eigenvalue weighted by Gasteiger charge is 2.13. The Bertz CT molecular complexity index is 618. The van der Waals surface area contributed by atoms with Gasteiger partial charge in [-0.05, 0) is 13.3 Å². The molecular weight excluding hydrogens is 276 g/mol. The topological polar surface area (TPSA) is 72.9 Å². The predicted molar refractivity (Wildman–Crippen MR) is 77.0 cm³/mol. The average molecular weight is 294 g/mol. The van der Waals surface area contributed by atoms with Gasteiger partial charge < -0.3 is 9.67 Å². The zero-order chi connectivity index (χ0) is 14.7. The number of carbonyl (C=O) groups is 1. The monoisotopic (exact) mass is 294 g/mol. The smallest absolute Gasteiger partial charge is 0.313 e. The van der Waals surface area contributed by atoms with Gasteiger partial charge in [-0.1, -0.05) is 18.7 Å². The first kappa shape index (κ1) is 14.6. The van der Waals surface area contributed by atoms with Gasteiger partial charge in [-0.15, -0.1) is 0 Å². The van der Waals surface area contributed by atoms with Crippen LogP contribution in [-0.2, 0) is 24.8 Å². The molecule has 0 fully saturated rings. The number of hydrogen-bond acceptors (Lipinski definition) is 4. The lowest BCUT2D eigenvalue weighted by atomic mass is 10.2. The van der Waals surface area contributed by atoms with Crippen molar-refractivity contribution in [1.82, 2.24) is 19.3 Å². The molecule has 0 spiro atoms. The number of carboxylic acid groups (broad SMARTS) is 1. The molecule has 0 atom stereocenters. The highest BCUT2D eigenvalue weighted by molar-refractivity contribution is 7.99. The Hall–Kier alpha value is -1.76. The van der Waals surface area contributed by atoms with E-state index in [1.807, 2.05) is 29.4 Å². The third-order valence-electron chi connectivity index (χ3n) is 3.00. The summed E-state index contributed by atoms with van der Waals surface area (Å²) in [7, 11) is 1.91. The fourth-order valence-electron chi connectivity index (χ4n) is 2.06. The summed E-state index contributed by atoms with van der Waals surface area (Å²) in [6.45, 7) is 4.72. The van der Waals surface area contributed by atoms with Crippen molar-refractivity contribution in [3.8, 4) is 0 Å². The van der Waals surface area contributed by atoms with Gasteiger partial charge in [0.1, 0.15) is 0 Å². The van der Waals surface area contributed by atoms with Crippen LogP contribution in [0.3, 0.4) is 0 Å². The average Bonchev–Trinajstić information content (AvgIpc) is 2.92. The normalized spacial score (nSPS) is 10.9. The number of carboxylic acids is 1. The maximum Gasteiger partial charge on any atom is 0.313 e. The van der Waals surface area contributed by atoms with E-state index in [1.54, 1.807) is 6.20 Å². The second-order valence-corrected chi connectivity index (χ2v) is 5.52. The Morgan fingerprint density at radius 1 is 1.50 bits per heavy atom. The van der Waals surface area contributed by atoms with Crippen LogP contribution in [-0.4, -0.2) is 36.2 Å². The van der Waals surface area contributed by atoms with Gasteiger partial charge in [0.05, 0.1) is 18.0 Å². The third kappa shape index (κ3) is 3.22. The molecule has 0 saturated heterocycles. The second-order valence-electron chi connectivity index (χ2n) is 4.58. The molecule has 0 bridgehead atoms. The van der Waals surface area contributed by atoms with Gasteiger partial charge in [0.25, 0.3) is 0 Å². The van der Waals surface area contributed by atoms with Crippen LogP contribution in [0.5, 0.6) is 0 Å². The molecule has 2 aromatic heterocycles. The van der Waals surface area contributed by atoms with Crippen LogP contribution in [0, 0.1) is 6.92 Å². The highest BCUT2D eigenvalue weighted by Crippen LogP contribution is 2.20. The van der Waals surface area contributed by atoms with E-state index in [2.05, 4.69) is 17.0 Å². The predicted octanol–water partition coefficient (Wildman–Crippen LogP) is 1.71. The van der Waals surface area contributed by atoms with Gasteiger partial charge in [-0.2, -0.15) is 5.10 Å². The molecule has 6 nitrogen and oxygen atoms in total. The number of aromatic nitrogens is 4. The van der Waals surface area contributed by atoms with Crippen LogP contribution < -0.4 is 0 Å². The standard InChI is InChI=1S/C13H18N4O2S/c1-4-11-10(6-16(3)15-11)7-17-9(2)5-14-13(17)20-8-12(18)19/h5-6H,4,7-8H2,1-3H3,(H,18,19). The summed E-state index contributed by atoms with van der Waals surface area (Å²) in [6.07, 6.45) is 4.65. The van der Waals surface area contributed by atoms with Gasteiger partial charge in [0, 0.05) is 30.7 Å². The number of imidazole rings is 1. The summed E-state index contributed by atoms with van der Waals surface area (Å²) in [5, 5.41) is 13.9. The fraction of sp³-hybridized carbons (Fsp3) is 0.462. The lowest BCUT2D eigenvalue weighted by molar-refractivity contribution is -0.133. The molecule has 0 unspecified atom stereocenters. The van der Waals surface area contributed by atoms with E-state index in [0.29, 0.717) is 6.54 Å². The minimum absolute atomic E-state index is 0.0180. The second kappa shape index (κ2) is 6.13. The zero-order valence-corrected chi connectivity index (χ0v) is 12.6. The maximum absolute atomic E-state index is 10.7. The minimum atomic E-state index is -0.835. The molecule has 20 heavy (non-hydrogen) atoms. The first-order chi connectivity index (χ1) is 9.51. The van der Waals surface area contributed by atoms with Gasteiger partial charge in [-0.25, -0.2) is 4.98 Å². The van der Waals surface area contributed by atoms with Crippen molar-refractivity contribution >= 4 is 17.7 Å². The summed E-state index contributed by atoms with van der Waals surface area (Å²) in [4.78, 5) is 15.0. The molecule has 0 radical (unpaired) electrons. The van der Waals surface area contributed by atoms with Crippen LogP contribution in [0.2, 0.25) is 0 Å². The number of hydrogen-bond donors (Lipinski definition) is 1. The molecular formula is C13H18N4O2S. The van der Waals surface area contributed by atoms with Crippen molar-refractivity contribution in [2.24, 2.45) is 7.05 Å². The SMILES string of the molecule is CCc1nn(C)cc1Cn1c(C)cnc1SCC(=O)O. The molecule has 0 aliphatic carbocycles. The maximum atomic E-state index is 10.7. The molecule has 1 N–H and O–H groups in total. The molecule has 0 saturated carbocycles. The van der Waals surface area contributed by atoms with Crippen LogP contribution in [0.1, 0.15) is 23.9 Å². The molecule has 0 amide bonds. The lowest BCUT2D eigenvalue weighted by Crippen LogP contribution is -2.06. The molecule has 7 heteroatoms. The highest BCUT2D eigenvalue weighted by atomic mass is 32.2. The van der Waals surface area contributed by atoms with E-state index >= 15 is 0 Å². The molecule has 0 aliphatic rings. The Kier molecular flexibility index (Phi) is 4.49. The Morgan fingerprint density at radius 3 is 2.90 bits per heavy atom. The van der Waals surface area contributed by atoms with Crippen LogP contribution in [0.15, 0.2) is 17.6 Å². The number of aliphatic carboxylic acids is 1. The zero-order valence-electron chi connectivity index (χ0n) is 11.8. The van der Waals surface area contributed by atoms with Gasteiger partial charge in [-0.3, -0.25) is 9.48 Å². The van der Waals surface area contributed by atoms with Gasteiger partial charge in [0.2, 0.25) is 0 Å². The first-order valence-corrected chi connectivity index (χ1v) is 7.38. The van der Waals surface area contributed by atoms with E-state index in [0.717, 1.165) is 28.5 Å². The third-order valence-corrected chi connectivity index (χ3v) is 3.97. The minimum Gasteiger partial charge on any atom is -0.481 e. The molecule has 2 aromatic rings. The van der Waals surface area contributed by atoms with Crippen molar-refractivity contribution in [1.29, 1.82) is 0 Å². The summed E-state index contributed by atoms with van der Waals surface area (Å²) in [5.74, 6) is -0.817. The fourth-order valence-corrected chi connectivity index (χ4v) is 2.80. The van der Waals surface area contributed by atoms with Gasteiger partial charge in [0.15, 0.2) is 5.16 Å². The lowest BCUT2D eigenvalue weighted by Gasteiger charge is -2.08. The molecule has 108 valence electrons. The van der Waals surface area contributed by atoms with Crippen molar-refractivity contribution in [3.05, 3.63) is 29.3 Å². The largest absolute Gasteiger partial charge is 0.481 e. The summed E-state index contributed by atoms with van der Waals surface area (Å²) >= 11 is 1.24. The van der Waals surface area contributed by atoms with E-state index in [1.165, 1.54) is 11.8 Å². The summed E-state index contributed by atoms with van der Waals surface area (Å²) in [6, 6.07) is 0. The first-order valence-electron chi connectivity index (χ1n) is 6.39. The summed E-state index contributed by atoms with van der Waals surface area (Å²) in [5.41, 5.74) is 3.23. The van der Waals surface area contributed by atoms with Gasteiger partial charge >= 0.3 is 5.97 Å². The number of nitrogens with zero attached hydrogens (tertiary/aromatic N) is 4. The van der Waals surface area contributed by atoms with E-state index < -0.39 is 5.97 Å². The van der Waals surface area contributed by atoms with Crippen LogP contribution in [0.4, 0.5) is 0 Å². The van der Waals surface area contributed by atoms with E-state index in [-0.39, 0.29) is 5.75 Å². The molecule has 0 aromatic carbocycles. The molecule has 2 rings (SSSR count). The molecule has 0 aliphatic heterocycles. The van der Waals surface area contributed by atoms with Crippen molar-refractivity contribution in [2.75, 3.05) is 5.75 Å². The van der Waals surface area contributed by atoms with Crippen molar-refractivity contribution < 1.29 is 9.90 Å². The van der Waals surface area contributed by atoms with Crippen LogP contribution >= 0.6 is 11.8 Å². The number of thioether (sulfide) groups is 1. The summed E-state index contributed by atoms with van der Waals surface area (Å²) < 4.78 is 3.84. The number of aryl methyl sites for hydroxylation is 3. The van der Waals surface area contributed by atoms with Crippen molar-refractivity contribution in [2.45, 2.75) is 32.0 Å². The van der Waals surface area contributed by atoms with Crippen LogP contribution in [0.25, 0.3) is 0 Å². The van der Waals surface area contributed by atoms with Crippen molar-refractivity contribution in [3.63, 3.8) is 0 Å². The molecule has 2 heterocycles. The Balaban J connectivity index is 2.23. The Labute approximate surface area is 121 Å². The quantitative estimate of drug-likeness (QED) is 0.821. The number of rotatable bonds is 6. The van der Waals surface area contributed by atoms with E-state index in [9.17, 15) is 4.79 Å². The van der Waals surface area contributed by atoms with E-state index in [4.69, 9.17) is 5.11 Å².